The minimum absolute atomic E-state index is 0.130. The Morgan fingerprint density at radius 2 is 1.80 bits per heavy atom. The van der Waals surface area contributed by atoms with Crippen molar-refractivity contribution in [1.29, 1.82) is 0 Å². The number of halogens is 1. The Bertz CT molecular complexity index is 763. The van der Waals surface area contributed by atoms with E-state index in [1.54, 1.807) is 0 Å². The lowest BCUT2D eigenvalue weighted by atomic mass is 9.94. The van der Waals surface area contributed by atoms with E-state index in [1.807, 2.05) is 18.5 Å². The standard InChI is InChI=1S/C17H15IN2/c1-11-4-2-7-14(16(11)18)17(19)13-6-3-5-12-8-9-20-10-15(12)13/h2-10,17H,19H2,1H3. The van der Waals surface area contributed by atoms with Crippen molar-refractivity contribution < 1.29 is 0 Å². The Morgan fingerprint density at radius 3 is 2.65 bits per heavy atom. The van der Waals surface area contributed by atoms with Crippen LogP contribution >= 0.6 is 22.6 Å². The van der Waals surface area contributed by atoms with Gasteiger partial charge in [-0.1, -0.05) is 36.4 Å². The molecule has 1 heterocycles. The van der Waals surface area contributed by atoms with Crippen molar-refractivity contribution in [2.75, 3.05) is 0 Å². The van der Waals surface area contributed by atoms with Crippen LogP contribution in [0.2, 0.25) is 0 Å². The van der Waals surface area contributed by atoms with Crippen molar-refractivity contribution in [3.8, 4) is 0 Å². The zero-order chi connectivity index (χ0) is 14.1. The topological polar surface area (TPSA) is 38.9 Å². The van der Waals surface area contributed by atoms with E-state index in [9.17, 15) is 0 Å². The average molecular weight is 374 g/mol. The van der Waals surface area contributed by atoms with Gasteiger partial charge in [-0.3, -0.25) is 4.98 Å². The number of hydrogen-bond donors (Lipinski definition) is 1. The molecule has 0 saturated heterocycles. The number of hydrogen-bond acceptors (Lipinski definition) is 2. The monoisotopic (exact) mass is 374 g/mol. The van der Waals surface area contributed by atoms with E-state index >= 15 is 0 Å². The Labute approximate surface area is 132 Å². The second-order valence-electron chi connectivity index (χ2n) is 4.90. The summed E-state index contributed by atoms with van der Waals surface area (Å²) >= 11 is 2.38. The highest BCUT2D eigenvalue weighted by Gasteiger charge is 2.15. The number of pyridine rings is 1. The molecule has 3 rings (SSSR count). The summed E-state index contributed by atoms with van der Waals surface area (Å²) in [6, 6.07) is 14.4. The molecule has 1 atom stereocenters. The fraction of sp³-hybridized carbons (Fsp3) is 0.118. The molecule has 0 amide bonds. The van der Waals surface area contributed by atoms with Crippen LogP contribution in [-0.2, 0) is 0 Å². The summed E-state index contributed by atoms with van der Waals surface area (Å²) in [7, 11) is 0. The van der Waals surface area contributed by atoms with E-state index in [2.05, 4.69) is 70.9 Å². The predicted molar refractivity (Wildman–Crippen MR) is 91.7 cm³/mol. The molecule has 1 aromatic heterocycles. The summed E-state index contributed by atoms with van der Waals surface area (Å²) in [5.74, 6) is 0. The van der Waals surface area contributed by atoms with Crippen LogP contribution in [0.3, 0.4) is 0 Å². The fourth-order valence-corrected chi connectivity index (χ4v) is 3.18. The van der Waals surface area contributed by atoms with Gasteiger partial charge >= 0.3 is 0 Å². The van der Waals surface area contributed by atoms with Gasteiger partial charge in [0.15, 0.2) is 0 Å². The van der Waals surface area contributed by atoms with Crippen LogP contribution in [0.25, 0.3) is 10.8 Å². The summed E-state index contributed by atoms with van der Waals surface area (Å²) in [5.41, 5.74) is 10.1. The number of benzene rings is 2. The third-order valence-corrected chi connectivity index (χ3v) is 5.08. The number of nitrogens with zero attached hydrogens (tertiary/aromatic N) is 1. The summed E-state index contributed by atoms with van der Waals surface area (Å²) in [6.07, 6.45) is 3.71. The van der Waals surface area contributed by atoms with Gasteiger partial charge in [-0.2, -0.15) is 0 Å². The van der Waals surface area contributed by atoms with Crippen LogP contribution < -0.4 is 5.73 Å². The second-order valence-corrected chi connectivity index (χ2v) is 5.98. The molecule has 2 aromatic carbocycles. The Kier molecular flexibility index (Phi) is 3.72. The maximum absolute atomic E-state index is 6.52. The third-order valence-electron chi connectivity index (χ3n) is 3.61. The van der Waals surface area contributed by atoms with E-state index in [0.717, 1.165) is 10.9 Å². The second kappa shape index (κ2) is 5.50. The maximum Gasteiger partial charge on any atom is 0.0568 e. The molecule has 20 heavy (non-hydrogen) atoms. The highest BCUT2D eigenvalue weighted by atomic mass is 127. The minimum atomic E-state index is -0.130. The van der Waals surface area contributed by atoms with Gasteiger partial charge in [0, 0.05) is 21.4 Å². The fourth-order valence-electron chi connectivity index (χ4n) is 2.49. The normalized spacial score (nSPS) is 12.6. The summed E-state index contributed by atoms with van der Waals surface area (Å²) in [6.45, 7) is 2.11. The Hall–Kier alpha value is -1.46. The molecule has 2 N–H and O–H groups in total. The minimum Gasteiger partial charge on any atom is -0.320 e. The molecule has 0 aliphatic carbocycles. The van der Waals surface area contributed by atoms with Crippen LogP contribution in [0, 0.1) is 10.5 Å². The van der Waals surface area contributed by atoms with Crippen molar-refractivity contribution >= 4 is 33.4 Å². The van der Waals surface area contributed by atoms with Gasteiger partial charge < -0.3 is 5.73 Å². The number of aromatic nitrogens is 1. The number of nitrogens with two attached hydrogens (primary N) is 1. The highest BCUT2D eigenvalue weighted by Crippen LogP contribution is 2.30. The summed E-state index contributed by atoms with van der Waals surface area (Å²) in [5, 5.41) is 2.30. The van der Waals surface area contributed by atoms with Gasteiger partial charge in [-0.05, 0) is 57.7 Å². The first-order valence-corrected chi connectivity index (χ1v) is 7.59. The zero-order valence-electron chi connectivity index (χ0n) is 11.2. The van der Waals surface area contributed by atoms with E-state index in [-0.39, 0.29) is 6.04 Å². The molecule has 1 unspecified atom stereocenters. The lowest BCUT2D eigenvalue weighted by Gasteiger charge is -2.17. The molecule has 0 bridgehead atoms. The largest absolute Gasteiger partial charge is 0.320 e. The van der Waals surface area contributed by atoms with Gasteiger partial charge in [-0.15, -0.1) is 0 Å². The van der Waals surface area contributed by atoms with Crippen molar-refractivity contribution in [1.82, 2.24) is 4.98 Å². The molecule has 3 heteroatoms. The number of aryl methyl sites for hydroxylation is 1. The zero-order valence-corrected chi connectivity index (χ0v) is 13.3. The first kappa shape index (κ1) is 13.5. The molecule has 0 saturated carbocycles. The van der Waals surface area contributed by atoms with Crippen molar-refractivity contribution in [2.24, 2.45) is 5.73 Å². The maximum atomic E-state index is 6.52. The number of fused-ring (bicyclic) bond motifs is 1. The first-order valence-electron chi connectivity index (χ1n) is 6.51. The first-order chi connectivity index (χ1) is 9.68. The number of rotatable bonds is 2. The molecule has 0 aliphatic heterocycles. The third kappa shape index (κ3) is 2.31. The van der Waals surface area contributed by atoms with E-state index in [4.69, 9.17) is 5.73 Å². The van der Waals surface area contributed by atoms with Gasteiger partial charge in [0.25, 0.3) is 0 Å². The van der Waals surface area contributed by atoms with Gasteiger partial charge in [-0.25, -0.2) is 0 Å². The Morgan fingerprint density at radius 1 is 1.05 bits per heavy atom. The van der Waals surface area contributed by atoms with Crippen LogP contribution in [-0.4, -0.2) is 4.98 Å². The lowest BCUT2D eigenvalue weighted by molar-refractivity contribution is 0.871. The van der Waals surface area contributed by atoms with Gasteiger partial charge in [0.1, 0.15) is 0 Å². The van der Waals surface area contributed by atoms with Crippen LogP contribution in [0.1, 0.15) is 22.7 Å². The molecule has 0 spiro atoms. The van der Waals surface area contributed by atoms with Crippen molar-refractivity contribution in [3.05, 3.63) is 75.1 Å². The average Bonchev–Trinajstić information content (AvgIpc) is 2.49. The quantitative estimate of drug-likeness (QED) is 0.683. The molecule has 3 aromatic rings. The van der Waals surface area contributed by atoms with Gasteiger partial charge in [0.2, 0.25) is 0 Å². The van der Waals surface area contributed by atoms with Crippen molar-refractivity contribution in [2.45, 2.75) is 13.0 Å². The smallest absolute Gasteiger partial charge is 0.0568 e. The molecular weight excluding hydrogens is 359 g/mol. The van der Waals surface area contributed by atoms with Crippen molar-refractivity contribution in [3.63, 3.8) is 0 Å². The summed E-state index contributed by atoms with van der Waals surface area (Å²) in [4.78, 5) is 4.23. The van der Waals surface area contributed by atoms with E-state index in [0.29, 0.717) is 0 Å². The SMILES string of the molecule is Cc1cccc(C(N)c2cccc3ccncc23)c1I. The molecular formula is C17H15IN2. The van der Waals surface area contributed by atoms with Crippen LogP contribution in [0.15, 0.2) is 54.9 Å². The molecule has 100 valence electrons. The van der Waals surface area contributed by atoms with Gasteiger partial charge in [0.05, 0.1) is 6.04 Å². The van der Waals surface area contributed by atoms with E-state index < -0.39 is 0 Å². The highest BCUT2D eigenvalue weighted by molar-refractivity contribution is 14.1. The van der Waals surface area contributed by atoms with E-state index in [1.165, 1.54) is 20.1 Å². The van der Waals surface area contributed by atoms with Crippen LogP contribution in [0.4, 0.5) is 0 Å². The molecule has 0 aliphatic rings. The molecule has 2 nitrogen and oxygen atoms in total. The Balaban J connectivity index is 2.18. The lowest BCUT2D eigenvalue weighted by Crippen LogP contribution is -2.14. The molecule has 0 fully saturated rings. The molecule has 0 radical (unpaired) electrons. The van der Waals surface area contributed by atoms with Crippen LogP contribution in [0.5, 0.6) is 0 Å². The predicted octanol–water partition coefficient (Wildman–Crippen LogP) is 4.20. The summed E-state index contributed by atoms with van der Waals surface area (Å²) < 4.78 is 1.23.